The van der Waals surface area contributed by atoms with Crippen molar-refractivity contribution in [3.05, 3.63) is 0 Å². The number of likely N-dealkylation sites (tertiary alicyclic amines) is 1. The number of hydrogen-bond donors (Lipinski definition) is 0. The van der Waals surface area contributed by atoms with Gasteiger partial charge >= 0.3 is 0 Å². The zero-order chi connectivity index (χ0) is 14.6. The largest absolute Gasteiger partial charge is 0.381 e. The highest BCUT2D eigenvalue weighted by Gasteiger charge is 2.40. The molecule has 1 aliphatic rings. The average Bonchev–Trinajstić information content (AvgIpc) is 2.80. The molecule has 0 aromatic heterocycles. The van der Waals surface area contributed by atoms with Crippen LogP contribution in [-0.2, 0) is 9.53 Å². The van der Waals surface area contributed by atoms with E-state index in [-0.39, 0.29) is 12.0 Å². The first-order valence-electron chi connectivity index (χ1n) is 7.82. The second-order valence-corrected chi connectivity index (χ2v) is 6.16. The number of amides is 1. The summed E-state index contributed by atoms with van der Waals surface area (Å²) in [5.74, 6) is 0.602. The molecular formula is C16H31NO2. The van der Waals surface area contributed by atoms with E-state index in [0.29, 0.717) is 23.9 Å². The molecule has 3 unspecified atom stereocenters. The number of hydrogen-bond acceptors (Lipinski definition) is 2. The van der Waals surface area contributed by atoms with Gasteiger partial charge in [-0.2, -0.15) is 0 Å². The summed E-state index contributed by atoms with van der Waals surface area (Å²) in [7, 11) is 1.70. The number of carbonyl (C=O) groups excluding carboxylic acids is 1. The third-order valence-electron chi connectivity index (χ3n) is 4.70. The van der Waals surface area contributed by atoms with E-state index in [1.807, 2.05) is 6.92 Å². The summed E-state index contributed by atoms with van der Waals surface area (Å²) in [5.41, 5.74) is 0. The van der Waals surface area contributed by atoms with Gasteiger partial charge in [0.2, 0.25) is 5.91 Å². The first-order valence-corrected chi connectivity index (χ1v) is 7.82. The van der Waals surface area contributed by atoms with E-state index < -0.39 is 0 Å². The van der Waals surface area contributed by atoms with Crippen LogP contribution in [0.1, 0.15) is 60.3 Å². The zero-order valence-electron chi connectivity index (χ0n) is 13.5. The molecule has 19 heavy (non-hydrogen) atoms. The molecule has 1 amide bonds. The predicted molar refractivity (Wildman–Crippen MR) is 79.0 cm³/mol. The van der Waals surface area contributed by atoms with Gasteiger partial charge in [-0.3, -0.25) is 4.79 Å². The fraction of sp³-hybridized carbons (Fsp3) is 0.938. The van der Waals surface area contributed by atoms with E-state index >= 15 is 0 Å². The topological polar surface area (TPSA) is 29.5 Å². The summed E-state index contributed by atoms with van der Waals surface area (Å²) < 4.78 is 5.44. The molecule has 3 heteroatoms. The maximum absolute atomic E-state index is 13.0. The summed E-state index contributed by atoms with van der Waals surface area (Å²) in [6.45, 7) is 10.6. The smallest absolute Gasteiger partial charge is 0.229 e. The van der Waals surface area contributed by atoms with Gasteiger partial charge in [0.25, 0.3) is 0 Å². The van der Waals surface area contributed by atoms with E-state index in [9.17, 15) is 4.79 Å². The molecule has 0 bridgehead atoms. The van der Waals surface area contributed by atoms with Gasteiger partial charge in [-0.15, -0.1) is 0 Å². The Hall–Kier alpha value is -0.570. The van der Waals surface area contributed by atoms with Crippen LogP contribution < -0.4 is 0 Å². The van der Waals surface area contributed by atoms with Gasteiger partial charge in [-0.05, 0) is 38.5 Å². The number of nitrogens with zero attached hydrogens (tertiary/aromatic N) is 1. The van der Waals surface area contributed by atoms with Crippen molar-refractivity contribution >= 4 is 5.91 Å². The van der Waals surface area contributed by atoms with Gasteiger partial charge in [0, 0.05) is 19.2 Å². The number of carbonyl (C=O) groups is 1. The van der Waals surface area contributed by atoms with Gasteiger partial charge < -0.3 is 9.64 Å². The SMILES string of the molecule is CCC1CC[C@@H](CC)N1C(=O)C(C(C)C)C(C)OC. The third kappa shape index (κ3) is 3.50. The van der Waals surface area contributed by atoms with Crippen molar-refractivity contribution in [1.29, 1.82) is 0 Å². The van der Waals surface area contributed by atoms with Crippen LogP contribution in [0, 0.1) is 11.8 Å². The predicted octanol–water partition coefficient (Wildman–Crippen LogP) is 3.47. The van der Waals surface area contributed by atoms with E-state index in [0.717, 1.165) is 25.7 Å². The maximum atomic E-state index is 13.0. The van der Waals surface area contributed by atoms with Crippen LogP contribution in [-0.4, -0.2) is 36.1 Å². The average molecular weight is 269 g/mol. The molecule has 1 heterocycles. The Balaban J connectivity index is 2.93. The molecule has 1 aliphatic heterocycles. The second-order valence-electron chi connectivity index (χ2n) is 6.16. The molecule has 0 aromatic rings. The minimum atomic E-state index is -0.0220. The third-order valence-corrected chi connectivity index (χ3v) is 4.70. The molecule has 0 saturated carbocycles. The number of ether oxygens (including phenoxy) is 1. The van der Waals surface area contributed by atoms with Crippen molar-refractivity contribution in [3.63, 3.8) is 0 Å². The standard InChI is InChI=1S/C16H31NO2/c1-7-13-9-10-14(8-2)17(13)16(18)15(11(3)4)12(5)19-6/h11-15H,7-10H2,1-6H3/t12?,13-,14?,15?/m1/s1. The Bertz CT molecular complexity index is 278. The number of methoxy groups -OCH3 is 1. The second kappa shape index (κ2) is 7.28. The minimum absolute atomic E-state index is 0.0110. The zero-order valence-corrected chi connectivity index (χ0v) is 13.5. The van der Waals surface area contributed by atoms with Crippen LogP contribution in [0.3, 0.4) is 0 Å². The molecule has 0 aliphatic carbocycles. The van der Waals surface area contributed by atoms with E-state index in [1.54, 1.807) is 7.11 Å². The van der Waals surface area contributed by atoms with Gasteiger partial charge in [-0.1, -0.05) is 27.7 Å². The lowest BCUT2D eigenvalue weighted by Gasteiger charge is -2.36. The highest BCUT2D eigenvalue weighted by Crippen LogP contribution is 2.32. The minimum Gasteiger partial charge on any atom is -0.381 e. The Morgan fingerprint density at radius 3 is 1.95 bits per heavy atom. The monoisotopic (exact) mass is 269 g/mol. The summed E-state index contributed by atoms with van der Waals surface area (Å²) in [6, 6.07) is 0.866. The fourth-order valence-electron chi connectivity index (χ4n) is 3.47. The molecule has 112 valence electrons. The van der Waals surface area contributed by atoms with Crippen molar-refractivity contribution in [2.24, 2.45) is 11.8 Å². The van der Waals surface area contributed by atoms with Crippen LogP contribution in [0.4, 0.5) is 0 Å². The van der Waals surface area contributed by atoms with Gasteiger partial charge in [-0.25, -0.2) is 0 Å². The molecular weight excluding hydrogens is 238 g/mol. The van der Waals surface area contributed by atoms with Crippen LogP contribution in [0.15, 0.2) is 0 Å². The highest BCUT2D eigenvalue weighted by molar-refractivity contribution is 5.80. The van der Waals surface area contributed by atoms with Crippen molar-refractivity contribution in [3.8, 4) is 0 Å². The lowest BCUT2D eigenvalue weighted by molar-refractivity contribution is -0.145. The van der Waals surface area contributed by atoms with Crippen LogP contribution in [0.2, 0.25) is 0 Å². The molecule has 3 nitrogen and oxygen atoms in total. The summed E-state index contributed by atoms with van der Waals surface area (Å²) in [6.07, 6.45) is 4.44. The van der Waals surface area contributed by atoms with Crippen molar-refractivity contribution in [2.45, 2.75) is 78.5 Å². The molecule has 0 aromatic carbocycles. The van der Waals surface area contributed by atoms with Gasteiger partial charge in [0.1, 0.15) is 0 Å². The fourth-order valence-corrected chi connectivity index (χ4v) is 3.47. The number of rotatable bonds is 6. The van der Waals surface area contributed by atoms with Gasteiger partial charge in [0.15, 0.2) is 0 Å². The first-order chi connectivity index (χ1) is 8.97. The normalized spacial score (nSPS) is 26.8. The van der Waals surface area contributed by atoms with Crippen molar-refractivity contribution < 1.29 is 9.53 Å². The van der Waals surface area contributed by atoms with E-state index in [1.165, 1.54) is 0 Å². The Morgan fingerprint density at radius 2 is 1.63 bits per heavy atom. The van der Waals surface area contributed by atoms with Crippen LogP contribution in [0.25, 0.3) is 0 Å². The molecule has 0 radical (unpaired) electrons. The summed E-state index contributed by atoms with van der Waals surface area (Å²) in [5, 5.41) is 0. The van der Waals surface area contributed by atoms with Gasteiger partial charge in [0.05, 0.1) is 12.0 Å². The maximum Gasteiger partial charge on any atom is 0.229 e. The Kier molecular flexibility index (Phi) is 6.31. The Morgan fingerprint density at radius 1 is 1.16 bits per heavy atom. The van der Waals surface area contributed by atoms with Crippen LogP contribution >= 0.6 is 0 Å². The summed E-state index contributed by atoms with van der Waals surface area (Å²) >= 11 is 0. The van der Waals surface area contributed by atoms with E-state index in [2.05, 4.69) is 32.6 Å². The lowest BCUT2D eigenvalue weighted by atomic mass is 9.88. The summed E-state index contributed by atoms with van der Waals surface area (Å²) in [4.78, 5) is 15.2. The molecule has 4 atom stereocenters. The quantitative estimate of drug-likeness (QED) is 0.739. The van der Waals surface area contributed by atoms with Crippen LogP contribution in [0.5, 0.6) is 0 Å². The molecule has 0 N–H and O–H groups in total. The highest BCUT2D eigenvalue weighted by atomic mass is 16.5. The molecule has 1 rings (SSSR count). The molecule has 1 saturated heterocycles. The lowest BCUT2D eigenvalue weighted by Crippen LogP contribution is -2.48. The first kappa shape index (κ1) is 16.5. The molecule has 1 fully saturated rings. The van der Waals surface area contributed by atoms with E-state index in [4.69, 9.17) is 4.74 Å². The molecule has 0 spiro atoms. The Labute approximate surface area is 118 Å². The van der Waals surface area contributed by atoms with Crippen molar-refractivity contribution in [1.82, 2.24) is 4.90 Å². The van der Waals surface area contributed by atoms with Crippen molar-refractivity contribution in [2.75, 3.05) is 7.11 Å².